The van der Waals surface area contributed by atoms with Crippen LogP contribution in [-0.2, 0) is 17.7 Å². The monoisotopic (exact) mass is 410 g/mol. The minimum atomic E-state index is 0.597. The minimum absolute atomic E-state index is 0.597. The lowest BCUT2D eigenvalue weighted by molar-refractivity contribution is 0.137. The summed E-state index contributed by atoms with van der Waals surface area (Å²) in [5.74, 6) is 2.22. The van der Waals surface area contributed by atoms with Crippen molar-refractivity contribution < 1.29 is 4.74 Å². The molecule has 9 nitrogen and oxygen atoms in total. The van der Waals surface area contributed by atoms with Crippen LogP contribution in [0.15, 0.2) is 24.4 Å². The molecule has 0 saturated carbocycles. The van der Waals surface area contributed by atoms with Crippen molar-refractivity contribution in [1.82, 2.24) is 29.6 Å². The van der Waals surface area contributed by atoms with E-state index in [1.165, 1.54) is 0 Å². The number of anilines is 3. The number of piperazine rings is 1. The van der Waals surface area contributed by atoms with Crippen LogP contribution in [0, 0.1) is 0 Å². The number of hydrogen-bond donors (Lipinski definition) is 1. The molecule has 0 aromatic carbocycles. The summed E-state index contributed by atoms with van der Waals surface area (Å²) in [5.41, 5.74) is 2.77. The van der Waals surface area contributed by atoms with E-state index >= 15 is 0 Å². The Labute approximate surface area is 177 Å². The molecule has 1 fully saturated rings. The SMILES string of the molecule is CCOCCn1nc(CC)c2nc(N3CCN(C)CC3)nc(Nc3ccccn3)c21. The van der Waals surface area contributed by atoms with E-state index in [0.717, 1.165) is 66.9 Å². The molecule has 0 atom stereocenters. The lowest BCUT2D eigenvalue weighted by Crippen LogP contribution is -2.45. The molecule has 1 aliphatic rings. The highest BCUT2D eigenvalue weighted by atomic mass is 16.5. The molecule has 160 valence electrons. The van der Waals surface area contributed by atoms with Crippen LogP contribution in [0.1, 0.15) is 19.5 Å². The van der Waals surface area contributed by atoms with Crippen LogP contribution < -0.4 is 10.2 Å². The van der Waals surface area contributed by atoms with E-state index in [4.69, 9.17) is 19.8 Å². The summed E-state index contributed by atoms with van der Waals surface area (Å²) in [5, 5.41) is 8.23. The summed E-state index contributed by atoms with van der Waals surface area (Å²) in [6.07, 6.45) is 2.58. The van der Waals surface area contributed by atoms with Crippen molar-refractivity contribution in [1.29, 1.82) is 0 Å². The fourth-order valence-corrected chi connectivity index (χ4v) is 3.62. The van der Waals surface area contributed by atoms with Crippen molar-refractivity contribution in [2.24, 2.45) is 0 Å². The van der Waals surface area contributed by atoms with E-state index in [0.29, 0.717) is 19.8 Å². The number of nitrogens with zero attached hydrogens (tertiary/aromatic N) is 7. The van der Waals surface area contributed by atoms with Crippen LogP contribution in [0.4, 0.5) is 17.6 Å². The normalized spacial score (nSPS) is 15.1. The highest BCUT2D eigenvalue weighted by Crippen LogP contribution is 2.29. The van der Waals surface area contributed by atoms with Crippen molar-refractivity contribution >= 4 is 28.6 Å². The Balaban J connectivity index is 1.79. The van der Waals surface area contributed by atoms with Gasteiger partial charge in [-0.1, -0.05) is 13.0 Å². The second kappa shape index (κ2) is 9.36. The number of pyridine rings is 1. The van der Waals surface area contributed by atoms with Crippen LogP contribution in [0.2, 0.25) is 0 Å². The summed E-state index contributed by atoms with van der Waals surface area (Å²) < 4.78 is 7.53. The van der Waals surface area contributed by atoms with Gasteiger partial charge in [-0.3, -0.25) is 4.68 Å². The molecule has 0 aliphatic carbocycles. The van der Waals surface area contributed by atoms with Crippen LogP contribution in [-0.4, -0.2) is 76.1 Å². The maximum Gasteiger partial charge on any atom is 0.228 e. The standard InChI is InChI=1S/C21H30N8O/c1-4-16-18-19(29(26-16)14-15-30-5-2)20(23-17-8-6-7-9-22-17)25-21(24-18)28-12-10-27(3)11-13-28/h6-9H,4-5,10-15H2,1-3H3,(H,22,23,24,25). The van der Waals surface area contributed by atoms with E-state index in [2.05, 4.69) is 34.1 Å². The van der Waals surface area contributed by atoms with Crippen molar-refractivity contribution in [3.8, 4) is 0 Å². The molecule has 0 bridgehead atoms. The first-order valence-corrected chi connectivity index (χ1v) is 10.7. The molecule has 0 amide bonds. The lowest BCUT2D eigenvalue weighted by Gasteiger charge is -2.32. The second-order valence-electron chi connectivity index (χ2n) is 7.42. The molecule has 4 rings (SSSR count). The van der Waals surface area contributed by atoms with Gasteiger partial charge in [-0.15, -0.1) is 0 Å². The van der Waals surface area contributed by atoms with Gasteiger partial charge in [0.2, 0.25) is 5.95 Å². The number of hydrogen-bond acceptors (Lipinski definition) is 8. The molecule has 4 heterocycles. The topological polar surface area (TPSA) is 84.2 Å². The zero-order valence-corrected chi connectivity index (χ0v) is 18.0. The number of aromatic nitrogens is 5. The fourth-order valence-electron chi connectivity index (χ4n) is 3.62. The predicted molar refractivity (Wildman–Crippen MR) is 118 cm³/mol. The van der Waals surface area contributed by atoms with E-state index in [1.807, 2.05) is 29.8 Å². The van der Waals surface area contributed by atoms with Gasteiger partial charge in [0.15, 0.2) is 5.82 Å². The summed E-state index contributed by atoms with van der Waals surface area (Å²) in [4.78, 5) is 18.9. The zero-order valence-electron chi connectivity index (χ0n) is 18.0. The van der Waals surface area contributed by atoms with Crippen LogP contribution in [0.25, 0.3) is 11.0 Å². The van der Waals surface area contributed by atoms with Crippen molar-refractivity contribution in [3.05, 3.63) is 30.1 Å². The van der Waals surface area contributed by atoms with Crippen molar-refractivity contribution in [2.45, 2.75) is 26.8 Å². The molecule has 0 unspecified atom stereocenters. The molecule has 1 N–H and O–H groups in total. The molecule has 1 aliphatic heterocycles. The number of aryl methyl sites for hydroxylation is 1. The van der Waals surface area contributed by atoms with Crippen LogP contribution >= 0.6 is 0 Å². The Morgan fingerprint density at radius 1 is 1.10 bits per heavy atom. The van der Waals surface area contributed by atoms with E-state index in [1.54, 1.807) is 6.20 Å². The summed E-state index contributed by atoms with van der Waals surface area (Å²) >= 11 is 0. The first-order chi connectivity index (χ1) is 14.7. The molecule has 3 aromatic rings. The van der Waals surface area contributed by atoms with Gasteiger partial charge in [-0.05, 0) is 32.5 Å². The number of likely N-dealkylation sites (N-methyl/N-ethyl adjacent to an activating group) is 1. The highest BCUT2D eigenvalue weighted by Gasteiger charge is 2.22. The van der Waals surface area contributed by atoms with E-state index in [-0.39, 0.29) is 0 Å². The minimum Gasteiger partial charge on any atom is -0.380 e. The Kier molecular flexibility index (Phi) is 6.39. The summed E-state index contributed by atoms with van der Waals surface area (Å²) in [6.45, 7) is 9.85. The lowest BCUT2D eigenvalue weighted by atomic mass is 10.2. The van der Waals surface area contributed by atoms with Gasteiger partial charge in [0, 0.05) is 39.0 Å². The highest BCUT2D eigenvalue weighted by molar-refractivity contribution is 5.90. The van der Waals surface area contributed by atoms with Gasteiger partial charge >= 0.3 is 0 Å². The van der Waals surface area contributed by atoms with Gasteiger partial charge in [-0.25, -0.2) is 9.97 Å². The van der Waals surface area contributed by atoms with E-state index < -0.39 is 0 Å². The molecule has 30 heavy (non-hydrogen) atoms. The average Bonchev–Trinajstić information content (AvgIpc) is 3.13. The molecule has 9 heteroatoms. The maximum atomic E-state index is 5.57. The molecule has 1 saturated heterocycles. The number of rotatable bonds is 8. The smallest absolute Gasteiger partial charge is 0.228 e. The Morgan fingerprint density at radius 2 is 1.93 bits per heavy atom. The molecular weight excluding hydrogens is 380 g/mol. The van der Waals surface area contributed by atoms with Gasteiger partial charge in [0.1, 0.15) is 16.9 Å². The third-order valence-corrected chi connectivity index (χ3v) is 5.33. The quantitative estimate of drug-likeness (QED) is 0.567. The maximum absolute atomic E-state index is 5.57. The summed E-state index contributed by atoms with van der Waals surface area (Å²) in [6, 6.07) is 5.79. The predicted octanol–water partition coefficient (Wildman–Crippen LogP) is 2.32. The molecule has 3 aromatic heterocycles. The van der Waals surface area contributed by atoms with E-state index in [9.17, 15) is 0 Å². The second-order valence-corrected chi connectivity index (χ2v) is 7.42. The number of fused-ring (bicyclic) bond motifs is 1. The van der Waals surface area contributed by atoms with Gasteiger partial charge in [0.05, 0.1) is 18.8 Å². The Morgan fingerprint density at radius 3 is 2.63 bits per heavy atom. The molecular formula is C21H30N8O. The molecule has 0 radical (unpaired) electrons. The fraction of sp³-hybridized carbons (Fsp3) is 0.524. The third kappa shape index (κ3) is 4.36. The average molecular weight is 411 g/mol. The summed E-state index contributed by atoms with van der Waals surface area (Å²) in [7, 11) is 2.15. The van der Waals surface area contributed by atoms with Crippen LogP contribution in [0.3, 0.4) is 0 Å². The first kappa shape index (κ1) is 20.5. The number of nitrogens with one attached hydrogen (secondary N) is 1. The van der Waals surface area contributed by atoms with Crippen LogP contribution in [0.5, 0.6) is 0 Å². The van der Waals surface area contributed by atoms with Crippen molar-refractivity contribution in [3.63, 3.8) is 0 Å². The number of ether oxygens (including phenoxy) is 1. The largest absolute Gasteiger partial charge is 0.380 e. The Hall–Kier alpha value is -2.78. The molecule has 0 spiro atoms. The zero-order chi connectivity index (χ0) is 20.9. The van der Waals surface area contributed by atoms with Crippen molar-refractivity contribution in [2.75, 3.05) is 56.7 Å². The van der Waals surface area contributed by atoms with Gasteiger partial charge in [0.25, 0.3) is 0 Å². The first-order valence-electron chi connectivity index (χ1n) is 10.7. The van der Waals surface area contributed by atoms with Gasteiger partial charge in [-0.2, -0.15) is 10.1 Å². The Bertz CT molecular complexity index is 966. The third-order valence-electron chi connectivity index (χ3n) is 5.33. The van der Waals surface area contributed by atoms with Gasteiger partial charge < -0.3 is 19.9 Å².